The quantitative estimate of drug-likeness (QED) is 0.680. The predicted molar refractivity (Wildman–Crippen MR) is 108 cm³/mol. The molecule has 0 saturated heterocycles. The van der Waals surface area contributed by atoms with Crippen molar-refractivity contribution in [3.63, 3.8) is 0 Å². The van der Waals surface area contributed by atoms with Gasteiger partial charge in [-0.05, 0) is 35.4 Å². The van der Waals surface area contributed by atoms with Crippen molar-refractivity contribution < 1.29 is 9.47 Å². The molecule has 0 radical (unpaired) electrons. The third-order valence-electron chi connectivity index (χ3n) is 4.78. The molecule has 1 atom stereocenters. The maximum Gasteiger partial charge on any atom is 0.231 e. The van der Waals surface area contributed by atoms with Gasteiger partial charge in [-0.25, -0.2) is 15.0 Å². The molecule has 1 unspecified atom stereocenters. The molecule has 8 heteroatoms. The maximum absolute atomic E-state index is 6.08. The van der Waals surface area contributed by atoms with Crippen molar-refractivity contribution >= 4 is 34.6 Å². The molecule has 140 valence electrons. The highest BCUT2D eigenvalue weighted by Gasteiger charge is 2.25. The van der Waals surface area contributed by atoms with Crippen molar-refractivity contribution in [1.29, 1.82) is 0 Å². The highest BCUT2D eigenvalue weighted by Crippen LogP contribution is 2.40. The maximum atomic E-state index is 6.08. The average Bonchev–Trinajstić information content (AvgIpc) is 3.08. The molecular weight excluding hydrogens is 378 g/mol. The van der Waals surface area contributed by atoms with Gasteiger partial charge in [-0.3, -0.25) is 0 Å². The Balaban J connectivity index is 1.60. The van der Waals surface area contributed by atoms with Crippen LogP contribution in [-0.4, -0.2) is 22.5 Å². The second kappa shape index (κ2) is 6.69. The zero-order chi connectivity index (χ0) is 19.1. The van der Waals surface area contributed by atoms with E-state index in [0.29, 0.717) is 28.8 Å². The molecule has 3 aromatic rings. The summed E-state index contributed by atoms with van der Waals surface area (Å²) in [6.07, 6.45) is 2.05. The minimum atomic E-state index is -0.0838. The predicted octanol–water partition coefficient (Wildman–Crippen LogP) is 4.12. The Morgan fingerprint density at radius 2 is 1.86 bits per heavy atom. The first kappa shape index (κ1) is 16.8. The normalized spacial score (nSPS) is 17.3. The Morgan fingerprint density at radius 1 is 1.04 bits per heavy atom. The Morgan fingerprint density at radius 3 is 2.71 bits per heavy atom. The van der Waals surface area contributed by atoms with Gasteiger partial charge in [-0.1, -0.05) is 29.8 Å². The summed E-state index contributed by atoms with van der Waals surface area (Å²) in [5.74, 6) is 2.40. The van der Waals surface area contributed by atoms with Crippen LogP contribution < -0.4 is 20.5 Å². The van der Waals surface area contributed by atoms with Crippen molar-refractivity contribution in [3.8, 4) is 11.5 Å². The summed E-state index contributed by atoms with van der Waals surface area (Å²) in [6.45, 7) is 0.237. The number of nitrogens with two attached hydrogens (primary N) is 1. The van der Waals surface area contributed by atoms with Gasteiger partial charge < -0.3 is 20.5 Å². The van der Waals surface area contributed by atoms with Gasteiger partial charge in [0.25, 0.3) is 0 Å². The standard InChI is InChI=1S/C20H16ClN5O2/c21-13-4-1-11(2-5-13)14-8-15(12-3-6-16-17(7-12)28-10-27-16)26-20-18(25-14)19(22)23-9-24-20/h1-7,9,15H,8,10H2,(H3,22,23,24,26). The average molecular weight is 394 g/mol. The van der Waals surface area contributed by atoms with Crippen LogP contribution in [0.2, 0.25) is 5.02 Å². The number of ether oxygens (including phenoxy) is 2. The number of fused-ring (bicyclic) bond motifs is 2. The Hall–Kier alpha value is -3.32. The van der Waals surface area contributed by atoms with Crippen molar-refractivity contribution in [2.45, 2.75) is 12.5 Å². The third-order valence-corrected chi connectivity index (χ3v) is 5.03. The fraction of sp³-hybridized carbons (Fsp3) is 0.150. The number of nitrogens with one attached hydrogen (secondary N) is 1. The number of rotatable bonds is 2. The second-order valence-electron chi connectivity index (χ2n) is 6.54. The molecule has 3 heterocycles. The number of aliphatic imine (C=N–C) groups is 1. The molecule has 7 nitrogen and oxygen atoms in total. The monoisotopic (exact) mass is 393 g/mol. The van der Waals surface area contributed by atoms with Gasteiger partial charge in [0.2, 0.25) is 6.79 Å². The van der Waals surface area contributed by atoms with Crippen LogP contribution in [0.4, 0.5) is 17.3 Å². The van der Waals surface area contributed by atoms with Gasteiger partial charge >= 0.3 is 0 Å². The number of hydrogen-bond acceptors (Lipinski definition) is 7. The number of benzene rings is 2. The number of halogens is 1. The smallest absolute Gasteiger partial charge is 0.231 e. The lowest BCUT2D eigenvalue weighted by atomic mass is 9.97. The van der Waals surface area contributed by atoms with Gasteiger partial charge in [0.05, 0.1) is 11.8 Å². The summed E-state index contributed by atoms with van der Waals surface area (Å²) in [7, 11) is 0. The second-order valence-corrected chi connectivity index (χ2v) is 6.97. The molecule has 2 aromatic carbocycles. The number of nitrogens with zero attached hydrogens (tertiary/aromatic N) is 3. The lowest BCUT2D eigenvalue weighted by Crippen LogP contribution is -2.15. The van der Waals surface area contributed by atoms with E-state index in [1.165, 1.54) is 6.33 Å². The van der Waals surface area contributed by atoms with Crippen LogP contribution in [-0.2, 0) is 0 Å². The number of aromatic nitrogens is 2. The molecule has 0 amide bonds. The third kappa shape index (κ3) is 2.99. The molecule has 5 rings (SSSR count). The van der Waals surface area contributed by atoms with Gasteiger partial charge in [-0.2, -0.15) is 0 Å². The fourth-order valence-electron chi connectivity index (χ4n) is 3.35. The Labute approximate surface area is 166 Å². The van der Waals surface area contributed by atoms with E-state index in [0.717, 1.165) is 28.3 Å². The lowest BCUT2D eigenvalue weighted by Gasteiger charge is -2.19. The summed E-state index contributed by atoms with van der Waals surface area (Å²) in [4.78, 5) is 13.2. The first-order valence-corrected chi connectivity index (χ1v) is 9.15. The summed E-state index contributed by atoms with van der Waals surface area (Å²) < 4.78 is 11.0. The van der Waals surface area contributed by atoms with Gasteiger partial charge in [-0.15, -0.1) is 0 Å². The van der Waals surface area contributed by atoms with Crippen molar-refractivity contribution in [2.75, 3.05) is 17.8 Å². The van der Waals surface area contributed by atoms with Crippen LogP contribution in [0.5, 0.6) is 11.5 Å². The summed E-state index contributed by atoms with van der Waals surface area (Å²) in [5.41, 5.74) is 9.49. The van der Waals surface area contributed by atoms with E-state index < -0.39 is 0 Å². The summed E-state index contributed by atoms with van der Waals surface area (Å²) in [5, 5.41) is 4.12. The SMILES string of the molecule is Nc1ncnc2c1N=C(c1ccc(Cl)cc1)CC(c1ccc3c(c1)OCO3)N2. The highest BCUT2D eigenvalue weighted by atomic mass is 35.5. The van der Waals surface area contributed by atoms with Crippen LogP contribution in [0.1, 0.15) is 23.6 Å². The van der Waals surface area contributed by atoms with E-state index >= 15 is 0 Å². The largest absolute Gasteiger partial charge is 0.454 e. The Bertz CT molecular complexity index is 1080. The van der Waals surface area contributed by atoms with Gasteiger partial charge in [0, 0.05) is 11.4 Å². The topological polar surface area (TPSA) is 94.7 Å². The van der Waals surface area contributed by atoms with Crippen LogP contribution >= 0.6 is 11.6 Å². The minimum Gasteiger partial charge on any atom is -0.454 e. The van der Waals surface area contributed by atoms with Crippen molar-refractivity contribution in [3.05, 3.63) is 64.9 Å². The summed E-state index contributed by atoms with van der Waals surface area (Å²) >= 11 is 6.05. The molecular formula is C20H16ClN5O2. The molecule has 2 aliphatic rings. The minimum absolute atomic E-state index is 0.0838. The van der Waals surface area contributed by atoms with Gasteiger partial charge in [0.15, 0.2) is 23.1 Å². The van der Waals surface area contributed by atoms with E-state index in [4.69, 9.17) is 31.8 Å². The number of nitrogen functional groups attached to an aromatic ring is 1. The fourth-order valence-corrected chi connectivity index (χ4v) is 3.48. The lowest BCUT2D eigenvalue weighted by molar-refractivity contribution is 0.174. The molecule has 0 spiro atoms. The zero-order valence-electron chi connectivity index (χ0n) is 14.7. The van der Waals surface area contributed by atoms with E-state index in [-0.39, 0.29) is 12.8 Å². The molecule has 1 aromatic heterocycles. The molecule has 0 aliphatic carbocycles. The molecule has 0 saturated carbocycles. The van der Waals surface area contributed by atoms with Crippen molar-refractivity contribution in [1.82, 2.24) is 9.97 Å². The molecule has 28 heavy (non-hydrogen) atoms. The number of hydrogen-bond donors (Lipinski definition) is 2. The van der Waals surface area contributed by atoms with Crippen LogP contribution in [0.3, 0.4) is 0 Å². The molecule has 0 fully saturated rings. The highest BCUT2D eigenvalue weighted by molar-refractivity contribution is 6.30. The molecule has 2 aliphatic heterocycles. The summed E-state index contributed by atoms with van der Waals surface area (Å²) in [6, 6.07) is 13.4. The molecule has 0 bridgehead atoms. The van der Waals surface area contributed by atoms with E-state index in [1.807, 2.05) is 42.5 Å². The van der Waals surface area contributed by atoms with Crippen molar-refractivity contribution in [2.24, 2.45) is 4.99 Å². The van der Waals surface area contributed by atoms with Crippen LogP contribution in [0, 0.1) is 0 Å². The van der Waals surface area contributed by atoms with E-state index in [1.54, 1.807) is 0 Å². The first-order chi connectivity index (χ1) is 13.7. The number of anilines is 2. The van der Waals surface area contributed by atoms with E-state index in [2.05, 4.69) is 15.3 Å². The van der Waals surface area contributed by atoms with Crippen LogP contribution in [0.15, 0.2) is 53.8 Å². The Kier molecular flexibility index (Phi) is 4.02. The van der Waals surface area contributed by atoms with E-state index in [9.17, 15) is 0 Å². The zero-order valence-corrected chi connectivity index (χ0v) is 15.5. The van der Waals surface area contributed by atoms with Crippen LogP contribution in [0.25, 0.3) is 0 Å². The molecule has 3 N–H and O–H groups in total. The first-order valence-electron chi connectivity index (χ1n) is 8.77. The van der Waals surface area contributed by atoms with Gasteiger partial charge in [0.1, 0.15) is 12.0 Å².